The standard InChI is InChI=1S/C21H22N2O4S/c1-4-27-20(26)21(3)16-15(17(22-21)14-6-5-11-28-14)18(24)23(19(16)25)13-9-7-12(2)8-10-13/h5-11,15-17,22H,4H2,1-3H3/t15-,16+,17+,21+/m0/s1. The number of anilines is 1. The lowest BCUT2D eigenvalue weighted by atomic mass is 9.81. The van der Waals surface area contributed by atoms with Crippen LogP contribution in [0.3, 0.4) is 0 Å². The maximum Gasteiger partial charge on any atom is 0.326 e. The summed E-state index contributed by atoms with van der Waals surface area (Å²) in [5, 5.41) is 5.19. The van der Waals surface area contributed by atoms with Gasteiger partial charge < -0.3 is 4.74 Å². The molecular formula is C21H22N2O4S. The third kappa shape index (κ3) is 2.69. The predicted molar refractivity (Wildman–Crippen MR) is 106 cm³/mol. The van der Waals surface area contributed by atoms with E-state index in [4.69, 9.17) is 4.74 Å². The molecule has 6 nitrogen and oxygen atoms in total. The molecule has 0 unspecified atom stereocenters. The number of nitrogens with zero attached hydrogens (tertiary/aromatic N) is 1. The Kier molecular flexibility index (Phi) is 4.59. The summed E-state index contributed by atoms with van der Waals surface area (Å²) in [6.07, 6.45) is 0. The number of fused-ring (bicyclic) bond motifs is 1. The molecule has 2 fully saturated rings. The van der Waals surface area contributed by atoms with Crippen molar-refractivity contribution in [3.05, 3.63) is 52.2 Å². The molecule has 1 aromatic carbocycles. The van der Waals surface area contributed by atoms with Crippen molar-refractivity contribution in [2.45, 2.75) is 32.4 Å². The first kappa shape index (κ1) is 18.8. The van der Waals surface area contributed by atoms with E-state index in [-0.39, 0.29) is 18.4 Å². The smallest absolute Gasteiger partial charge is 0.326 e. The maximum absolute atomic E-state index is 13.4. The van der Waals surface area contributed by atoms with Crippen LogP contribution in [0.25, 0.3) is 0 Å². The number of hydrogen-bond acceptors (Lipinski definition) is 6. The summed E-state index contributed by atoms with van der Waals surface area (Å²) in [7, 11) is 0. The van der Waals surface area contributed by atoms with Crippen LogP contribution in [0.15, 0.2) is 41.8 Å². The van der Waals surface area contributed by atoms with Crippen molar-refractivity contribution in [1.29, 1.82) is 0 Å². The van der Waals surface area contributed by atoms with E-state index in [1.165, 1.54) is 16.2 Å². The summed E-state index contributed by atoms with van der Waals surface area (Å²) in [4.78, 5) is 41.7. The van der Waals surface area contributed by atoms with Crippen molar-refractivity contribution in [2.75, 3.05) is 11.5 Å². The molecule has 0 radical (unpaired) electrons. The summed E-state index contributed by atoms with van der Waals surface area (Å²) in [6.45, 7) is 5.55. The van der Waals surface area contributed by atoms with Gasteiger partial charge in [0.25, 0.3) is 0 Å². The van der Waals surface area contributed by atoms with Gasteiger partial charge >= 0.3 is 5.97 Å². The molecule has 2 aliphatic heterocycles. The molecule has 2 amide bonds. The molecule has 4 rings (SSSR count). The van der Waals surface area contributed by atoms with Crippen LogP contribution in [-0.4, -0.2) is 29.9 Å². The zero-order valence-corrected chi connectivity index (χ0v) is 16.8. The van der Waals surface area contributed by atoms with E-state index in [0.29, 0.717) is 5.69 Å². The topological polar surface area (TPSA) is 75.7 Å². The number of carbonyl (C=O) groups excluding carboxylic acids is 3. The van der Waals surface area contributed by atoms with Gasteiger partial charge in [0, 0.05) is 4.88 Å². The summed E-state index contributed by atoms with van der Waals surface area (Å²) < 4.78 is 5.26. The summed E-state index contributed by atoms with van der Waals surface area (Å²) in [5.74, 6) is -2.61. The average Bonchev–Trinajstić information content (AvgIpc) is 3.35. The number of esters is 1. The van der Waals surface area contributed by atoms with Crippen LogP contribution in [0, 0.1) is 18.8 Å². The molecule has 0 bridgehead atoms. The van der Waals surface area contributed by atoms with Crippen LogP contribution in [0.4, 0.5) is 5.69 Å². The summed E-state index contributed by atoms with van der Waals surface area (Å²) >= 11 is 1.50. The fourth-order valence-corrected chi connectivity index (χ4v) is 5.09. The second kappa shape index (κ2) is 6.83. The third-order valence-electron chi connectivity index (χ3n) is 5.63. The molecule has 28 heavy (non-hydrogen) atoms. The Balaban J connectivity index is 1.80. The highest BCUT2D eigenvalue weighted by atomic mass is 32.1. The molecule has 0 spiro atoms. The largest absolute Gasteiger partial charge is 0.465 e. The number of rotatable bonds is 4. The van der Waals surface area contributed by atoms with E-state index < -0.39 is 29.4 Å². The van der Waals surface area contributed by atoms with Crippen LogP contribution in [-0.2, 0) is 19.1 Å². The normalized spacial score (nSPS) is 29.2. The van der Waals surface area contributed by atoms with Gasteiger partial charge in [0.2, 0.25) is 11.8 Å². The van der Waals surface area contributed by atoms with E-state index in [1.807, 2.05) is 36.6 Å². The van der Waals surface area contributed by atoms with E-state index >= 15 is 0 Å². The van der Waals surface area contributed by atoms with Crippen LogP contribution in [0.5, 0.6) is 0 Å². The zero-order chi connectivity index (χ0) is 20.1. The van der Waals surface area contributed by atoms with Crippen molar-refractivity contribution in [1.82, 2.24) is 5.32 Å². The monoisotopic (exact) mass is 398 g/mol. The Morgan fingerprint density at radius 1 is 1.21 bits per heavy atom. The number of aryl methyl sites for hydroxylation is 1. The molecule has 1 aromatic heterocycles. The van der Waals surface area contributed by atoms with Gasteiger partial charge in [-0.25, -0.2) is 4.90 Å². The lowest BCUT2D eigenvalue weighted by Crippen LogP contribution is -2.54. The molecule has 2 aliphatic rings. The first-order valence-corrected chi connectivity index (χ1v) is 10.2. The molecule has 146 valence electrons. The third-order valence-corrected chi connectivity index (χ3v) is 6.58. The van der Waals surface area contributed by atoms with Gasteiger partial charge in [0.05, 0.1) is 30.2 Å². The Labute approximate surface area is 167 Å². The van der Waals surface area contributed by atoms with E-state index in [0.717, 1.165) is 10.4 Å². The van der Waals surface area contributed by atoms with Crippen LogP contribution in [0.2, 0.25) is 0 Å². The molecule has 2 aromatic rings. The van der Waals surface area contributed by atoms with E-state index in [1.54, 1.807) is 26.0 Å². The quantitative estimate of drug-likeness (QED) is 0.633. The van der Waals surface area contributed by atoms with Crippen molar-refractivity contribution >= 4 is 34.8 Å². The summed E-state index contributed by atoms with van der Waals surface area (Å²) in [5.41, 5.74) is 0.310. The fourth-order valence-electron chi connectivity index (χ4n) is 4.27. The number of amides is 2. The number of imide groups is 1. The molecule has 3 heterocycles. The van der Waals surface area contributed by atoms with Gasteiger partial charge in [0.1, 0.15) is 5.54 Å². The Morgan fingerprint density at radius 3 is 2.54 bits per heavy atom. The van der Waals surface area contributed by atoms with Crippen molar-refractivity contribution < 1.29 is 19.1 Å². The van der Waals surface area contributed by atoms with Gasteiger partial charge in [-0.1, -0.05) is 23.8 Å². The minimum atomic E-state index is -1.26. The average molecular weight is 398 g/mol. The number of thiophene rings is 1. The highest BCUT2D eigenvalue weighted by Gasteiger charge is 2.67. The highest BCUT2D eigenvalue weighted by molar-refractivity contribution is 7.10. The van der Waals surface area contributed by atoms with Crippen LogP contribution in [0.1, 0.15) is 30.3 Å². The first-order valence-electron chi connectivity index (χ1n) is 9.31. The number of ether oxygens (including phenoxy) is 1. The lowest BCUT2D eigenvalue weighted by Gasteiger charge is -2.29. The number of benzene rings is 1. The molecular weight excluding hydrogens is 376 g/mol. The minimum Gasteiger partial charge on any atom is -0.465 e. The van der Waals surface area contributed by atoms with Crippen molar-refractivity contribution in [2.24, 2.45) is 11.8 Å². The predicted octanol–water partition coefficient (Wildman–Crippen LogP) is 2.83. The highest BCUT2D eigenvalue weighted by Crippen LogP contribution is 2.50. The second-order valence-corrected chi connectivity index (χ2v) is 8.39. The maximum atomic E-state index is 13.4. The van der Waals surface area contributed by atoms with Crippen molar-refractivity contribution in [3.8, 4) is 0 Å². The van der Waals surface area contributed by atoms with Gasteiger partial charge in [-0.2, -0.15) is 0 Å². The number of hydrogen-bond donors (Lipinski definition) is 1. The molecule has 7 heteroatoms. The Bertz CT molecular complexity index is 924. The van der Waals surface area contributed by atoms with E-state index in [9.17, 15) is 14.4 Å². The Hall–Kier alpha value is -2.51. The second-order valence-electron chi connectivity index (χ2n) is 7.41. The summed E-state index contributed by atoms with van der Waals surface area (Å²) in [6, 6.07) is 10.7. The first-order chi connectivity index (χ1) is 13.4. The van der Waals surface area contributed by atoms with Gasteiger partial charge in [-0.05, 0) is 44.4 Å². The molecule has 1 N–H and O–H groups in total. The lowest BCUT2D eigenvalue weighted by molar-refractivity contribution is -0.153. The Morgan fingerprint density at radius 2 is 1.93 bits per heavy atom. The van der Waals surface area contributed by atoms with Crippen LogP contribution >= 0.6 is 11.3 Å². The number of nitrogens with one attached hydrogen (secondary N) is 1. The van der Waals surface area contributed by atoms with Gasteiger partial charge in [-0.15, -0.1) is 11.3 Å². The van der Waals surface area contributed by atoms with Gasteiger partial charge in [-0.3, -0.25) is 19.7 Å². The zero-order valence-electron chi connectivity index (χ0n) is 16.0. The molecule has 2 saturated heterocycles. The molecule has 0 aliphatic carbocycles. The van der Waals surface area contributed by atoms with Crippen LogP contribution < -0.4 is 10.2 Å². The minimum absolute atomic E-state index is 0.209. The number of carbonyl (C=O) groups is 3. The fraction of sp³-hybridized carbons (Fsp3) is 0.381. The molecule has 4 atom stereocenters. The molecule has 0 saturated carbocycles. The SMILES string of the molecule is CCOC(=O)[C@]1(C)N[C@H](c2cccs2)[C@H]2C(=O)N(c3ccc(C)cc3)C(=O)[C@@H]21. The van der Waals surface area contributed by atoms with E-state index in [2.05, 4.69) is 5.32 Å². The van der Waals surface area contributed by atoms with Crippen molar-refractivity contribution in [3.63, 3.8) is 0 Å². The van der Waals surface area contributed by atoms with Gasteiger partial charge in [0.15, 0.2) is 0 Å².